The fraction of sp³-hybridized carbons (Fsp3) is 0.368. The molecule has 0 bridgehead atoms. The van der Waals surface area contributed by atoms with Gasteiger partial charge in [0.2, 0.25) is 17.7 Å². The number of rotatable bonds is 10. The van der Waals surface area contributed by atoms with Gasteiger partial charge in [0.15, 0.2) is 0 Å². The van der Waals surface area contributed by atoms with Gasteiger partial charge >= 0.3 is 0 Å². The maximum atomic E-state index is 11.8. The minimum Gasteiger partial charge on any atom is -0.481 e. The molecule has 12 heteroatoms. The average molecular weight is 715 g/mol. The Balaban J connectivity index is 1.12. The van der Waals surface area contributed by atoms with E-state index in [0.29, 0.717) is 53.2 Å². The molecule has 0 spiro atoms. The molecule has 2 atom stereocenters. The Morgan fingerprint density at radius 2 is 1.68 bits per heavy atom. The number of carbonyl (C=O) groups excluding carboxylic acids is 2. The van der Waals surface area contributed by atoms with E-state index in [9.17, 15) is 9.59 Å². The third-order valence-electron chi connectivity index (χ3n) is 9.86. The van der Waals surface area contributed by atoms with Crippen LogP contribution in [0.2, 0.25) is 10.0 Å². The molecule has 2 aromatic heterocycles. The highest BCUT2D eigenvalue weighted by molar-refractivity contribution is 6.39. The lowest BCUT2D eigenvalue weighted by molar-refractivity contribution is -0.120. The van der Waals surface area contributed by atoms with Crippen LogP contribution in [0.3, 0.4) is 0 Å². The fourth-order valence-corrected chi connectivity index (χ4v) is 7.79. The number of amides is 2. The van der Waals surface area contributed by atoms with Gasteiger partial charge < -0.3 is 25.6 Å². The predicted molar refractivity (Wildman–Crippen MR) is 197 cm³/mol. The van der Waals surface area contributed by atoms with E-state index in [2.05, 4.69) is 51.0 Å². The molecule has 3 aliphatic heterocycles. The Kier molecular flexibility index (Phi) is 10.2. The second kappa shape index (κ2) is 14.9. The highest BCUT2D eigenvalue weighted by Gasteiger charge is 2.26. The number of aromatic nitrogens is 2. The zero-order valence-corrected chi connectivity index (χ0v) is 29.8. The maximum Gasteiger partial charge on any atom is 0.220 e. The van der Waals surface area contributed by atoms with Crippen molar-refractivity contribution in [2.45, 2.75) is 50.9 Å². The molecule has 0 aliphatic carbocycles. The first-order valence-corrected chi connectivity index (χ1v) is 17.9. The molecule has 2 amide bonds. The van der Waals surface area contributed by atoms with E-state index >= 15 is 0 Å². The Morgan fingerprint density at radius 3 is 2.44 bits per heavy atom. The molecule has 2 aromatic carbocycles. The number of carbonyl (C=O) groups is 2. The van der Waals surface area contributed by atoms with Crippen LogP contribution in [-0.4, -0.2) is 79.1 Å². The smallest absolute Gasteiger partial charge is 0.220 e. The topological polar surface area (TPSA) is 112 Å². The van der Waals surface area contributed by atoms with Crippen LogP contribution in [0.4, 0.5) is 5.69 Å². The van der Waals surface area contributed by atoms with Gasteiger partial charge in [0.25, 0.3) is 0 Å². The summed E-state index contributed by atoms with van der Waals surface area (Å²) in [4.78, 5) is 37.5. The number of methoxy groups -OCH3 is 1. The van der Waals surface area contributed by atoms with E-state index in [1.165, 1.54) is 5.56 Å². The van der Waals surface area contributed by atoms with E-state index in [1.807, 2.05) is 36.4 Å². The number of hydrogen-bond acceptors (Lipinski definition) is 8. The largest absolute Gasteiger partial charge is 0.481 e. The van der Waals surface area contributed by atoms with Gasteiger partial charge in [-0.3, -0.25) is 19.5 Å². The van der Waals surface area contributed by atoms with Crippen molar-refractivity contribution in [1.29, 1.82) is 0 Å². The molecule has 0 unspecified atom stereocenters. The third-order valence-corrected chi connectivity index (χ3v) is 10.6. The van der Waals surface area contributed by atoms with Crippen molar-refractivity contribution in [3.63, 3.8) is 0 Å². The third kappa shape index (κ3) is 7.30. The summed E-state index contributed by atoms with van der Waals surface area (Å²) in [6.07, 6.45) is 4.69. The van der Waals surface area contributed by atoms with Crippen LogP contribution in [0.5, 0.6) is 5.88 Å². The van der Waals surface area contributed by atoms with Gasteiger partial charge in [-0.15, -0.1) is 0 Å². The summed E-state index contributed by atoms with van der Waals surface area (Å²) in [6, 6.07) is 18.4. The van der Waals surface area contributed by atoms with Crippen LogP contribution in [0.1, 0.15) is 36.8 Å². The van der Waals surface area contributed by atoms with E-state index in [0.717, 1.165) is 72.5 Å². The average Bonchev–Trinajstić information content (AvgIpc) is 3.70. The van der Waals surface area contributed by atoms with Crippen molar-refractivity contribution in [1.82, 2.24) is 30.8 Å². The summed E-state index contributed by atoms with van der Waals surface area (Å²) in [7, 11) is 3.72. The van der Waals surface area contributed by atoms with Crippen LogP contribution in [0.15, 0.2) is 60.8 Å². The van der Waals surface area contributed by atoms with Crippen molar-refractivity contribution in [2.24, 2.45) is 0 Å². The lowest BCUT2D eigenvalue weighted by atomic mass is 9.98. The second-order valence-corrected chi connectivity index (χ2v) is 14.0. The molecule has 4 aromatic rings. The monoisotopic (exact) mass is 713 g/mol. The number of ether oxygens (including phenoxy) is 1. The number of fused-ring (bicyclic) bond motifs is 1. The molecule has 50 heavy (non-hydrogen) atoms. The van der Waals surface area contributed by atoms with Gasteiger partial charge in [0.05, 0.1) is 28.5 Å². The number of anilines is 1. The highest BCUT2D eigenvalue weighted by atomic mass is 35.5. The molecule has 7 rings (SSSR count). The number of hydrogen-bond donors (Lipinski definition) is 3. The Hall–Kier alpha value is -4.22. The van der Waals surface area contributed by atoms with Crippen molar-refractivity contribution < 1.29 is 14.3 Å². The van der Waals surface area contributed by atoms with Crippen LogP contribution in [0.25, 0.3) is 33.6 Å². The summed E-state index contributed by atoms with van der Waals surface area (Å²) >= 11 is 14.3. The van der Waals surface area contributed by atoms with E-state index in [-0.39, 0.29) is 23.9 Å². The standard InChI is InChI=1S/C38H41Cl2N7O3/c1-46-16-17-47(22-27-10-13-34(49)44-27)21-25-7-6-23(18-32(25)46)37-36(40)29(14-15-42-37)28-4-3-5-30(35(28)39)31-11-8-24(38(45-31)50-2)19-41-20-26-9-12-33(48)43-26/h3-8,11,14-15,18,26-27,41H,9-10,12-13,16-17,19-22H2,1-2H3,(H,43,48)(H,44,49)/t26-,27-/m1/s1. The molecule has 2 fully saturated rings. The van der Waals surface area contributed by atoms with Gasteiger partial charge in [-0.05, 0) is 36.6 Å². The number of pyridine rings is 2. The zero-order valence-electron chi connectivity index (χ0n) is 28.3. The van der Waals surface area contributed by atoms with Gasteiger partial charge in [-0.1, -0.05) is 59.6 Å². The molecule has 0 radical (unpaired) electrons. The van der Waals surface area contributed by atoms with E-state index in [1.54, 1.807) is 13.3 Å². The molecule has 3 aliphatic rings. The fourth-order valence-electron chi connectivity index (χ4n) is 7.15. The quantitative estimate of drug-likeness (QED) is 0.192. The van der Waals surface area contributed by atoms with Gasteiger partial charge in [0, 0.05) is 111 Å². The van der Waals surface area contributed by atoms with E-state index in [4.69, 9.17) is 37.9 Å². The predicted octanol–water partition coefficient (Wildman–Crippen LogP) is 5.69. The first-order chi connectivity index (χ1) is 24.3. The van der Waals surface area contributed by atoms with Crippen LogP contribution >= 0.6 is 23.2 Å². The van der Waals surface area contributed by atoms with Crippen molar-refractivity contribution >= 4 is 40.7 Å². The SMILES string of the molecule is COc1nc(-c2cccc(-c3ccnc(-c4ccc5c(c4)N(C)CCN(C[C@H]4CCC(=O)N4)C5)c3Cl)c2Cl)ccc1CNC[C@H]1CCC(=O)N1. The number of benzene rings is 2. The molecular formula is C38H41Cl2N7O3. The van der Waals surface area contributed by atoms with Gasteiger partial charge in [-0.25, -0.2) is 4.98 Å². The van der Waals surface area contributed by atoms with Crippen molar-refractivity contribution in [3.05, 3.63) is 82.0 Å². The second-order valence-electron chi connectivity index (χ2n) is 13.3. The molecule has 10 nitrogen and oxygen atoms in total. The summed E-state index contributed by atoms with van der Waals surface area (Å²) in [5.41, 5.74) is 7.91. The molecule has 0 saturated carbocycles. The first-order valence-electron chi connectivity index (χ1n) is 17.1. The summed E-state index contributed by atoms with van der Waals surface area (Å²) in [6.45, 7) is 4.69. The van der Waals surface area contributed by atoms with Crippen molar-refractivity contribution in [3.8, 4) is 39.5 Å². The number of likely N-dealkylation sites (N-methyl/N-ethyl adjacent to an activating group) is 1. The Morgan fingerprint density at radius 1 is 0.920 bits per heavy atom. The molecular weight excluding hydrogens is 673 g/mol. The zero-order chi connectivity index (χ0) is 34.8. The first kappa shape index (κ1) is 34.2. The molecule has 3 N–H and O–H groups in total. The van der Waals surface area contributed by atoms with Gasteiger partial charge in [0.1, 0.15) is 0 Å². The Bertz CT molecular complexity index is 1920. The minimum absolute atomic E-state index is 0.103. The number of halogens is 2. The number of nitrogens with one attached hydrogen (secondary N) is 3. The maximum absolute atomic E-state index is 11.8. The Labute approximate surface area is 302 Å². The van der Waals surface area contributed by atoms with Crippen LogP contribution in [0, 0.1) is 0 Å². The molecule has 260 valence electrons. The van der Waals surface area contributed by atoms with E-state index < -0.39 is 0 Å². The van der Waals surface area contributed by atoms with Crippen LogP contribution in [-0.2, 0) is 22.7 Å². The molecule has 5 heterocycles. The van der Waals surface area contributed by atoms with Crippen LogP contribution < -0.4 is 25.6 Å². The highest BCUT2D eigenvalue weighted by Crippen LogP contribution is 2.42. The van der Waals surface area contributed by atoms with Crippen molar-refractivity contribution in [2.75, 3.05) is 45.2 Å². The lowest BCUT2D eigenvalue weighted by Gasteiger charge is -2.23. The van der Waals surface area contributed by atoms with Gasteiger partial charge in [-0.2, -0.15) is 0 Å². The lowest BCUT2D eigenvalue weighted by Crippen LogP contribution is -2.40. The summed E-state index contributed by atoms with van der Waals surface area (Å²) in [5.74, 6) is 0.764. The summed E-state index contributed by atoms with van der Waals surface area (Å²) in [5, 5.41) is 10.5. The summed E-state index contributed by atoms with van der Waals surface area (Å²) < 4.78 is 5.67. The number of nitrogens with zero attached hydrogens (tertiary/aromatic N) is 4. The normalized spacial score (nSPS) is 19.2. The minimum atomic E-state index is 0.103. The molecule has 2 saturated heterocycles.